The number of carbonyl (C=O) groups is 2. The molecule has 2 bridgehead atoms. The van der Waals surface area contributed by atoms with Crippen molar-refractivity contribution >= 4 is 17.5 Å². The zero-order valence-corrected chi connectivity index (χ0v) is 29.3. The van der Waals surface area contributed by atoms with E-state index in [1.54, 1.807) is 19.1 Å². The van der Waals surface area contributed by atoms with Crippen molar-refractivity contribution in [1.82, 2.24) is 10.4 Å². The highest BCUT2D eigenvalue weighted by Gasteiger charge is 2.57. The van der Waals surface area contributed by atoms with Gasteiger partial charge >= 0.3 is 0 Å². The number of carbonyl (C=O) groups excluding carboxylic acids is 2. The Balaban J connectivity index is 1.20. The predicted octanol–water partition coefficient (Wildman–Crippen LogP) is 5.59. The molecule has 9 heteroatoms. The Hall–Kier alpha value is -3.76. The van der Waals surface area contributed by atoms with Gasteiger partial charge in [-0.1, -0.05) is 81.4 Å². The lowest BCUT2D eigenvalue weighted by Gasteiger charge is -2.62. The van der Waals surface area contributed by atoms with Gasteiger partial charge in [-0.25, -0.2) is 0 Å². The molecule has 0 spiro atoms. The lowest BCUT2D eigenvalue weighted by atomic mass is 9.45. The minimum absolute atomic E-state index is 0.0536. The van der Waals surface area contributed by atoms with E-state index in [0.717, 1.165) is 28.7 Å². The van der Waals surface area contributed by atoms with Crippen molar-refractivity contribution in [3.63, 3.8) is 0 Å². The summed E-state index contributed by atoms with van der Waals surface area (Å²) < 4.78 is 5.98. The number of aliphatic hydroxyl groups excluding tert-OH is 2. The monoisotopic (exact) mass is 669 g/mol. The van der Waals surface area contributed by atoms with Gasteiger partial charge in [0.1, 0.15) is 17.9 Å². The van der Waals surface area contributed by atoms with E-state index in [4.69, 9.17) is 9.57 Å². The molecule has 3 aromatic rings. The van der Waals surface area contributed by atoms with E-state index >= 15 is 0 Å². The number of nitrogens with one attached hydrogen (secondary N) is 2. The maximum Gasteiger partial charge on any atom is 0.240 e. The number of aryl methyl sites for hydroxylation is 1. The minimum Gasteiger partial charge on any atom is -0.496 e. The fourth-order valence-electron chi connectivity index (χ4n) is 8.72. The van der Waals surface area contributed by atoms with E-state index in [1.165, 1.54) is 6.42 Å². The Morgan fingerprint density at radius 3 is 2.49 bits per heavy atom. The normalized spacial score (nSPS) is 27.9. The number of nitrogens with zero attached hydrogens (tertiary/aromatic N) is 1. The van der Waals surface area contributed by atoms with Gasteiger partial charge in [0.05, 0.1) is 26.4 Å². The van der Waals surface area contributed by atoms with Crippen LogP contribution < -0.4 is 15.4 Å². The molecule has 3 aromatic carbocycles. The van der Waals surface area contributed by atoms with Gasteiger partial charge in [-0.2, -0.15) is 5.06 Å². The Kier molecular flexibility index (Phi) is 10.5. The Morgan fingerprint density at radius 1 is 1.06 bits per heavy atom. The first-order valence-corrected chi connectivity index (χ1v) is 17.6. The molecule has 262 valence electrons. The number of aliphatic hydroxyl groups is 2. The van der Waals surface area contributed by atoms with E-state index in [9.17, 15) is 19.8 Å². The van der Waals surface area contributed by atoms with E-state index < -0.39 is 24.2 Å². The largest absolute Gasteiger partial charge is 0.496 e. The summed E-state index contributed by atoms with van der Waals surface area (Å²) in [4.78, 5) is 33.1. The van der Waals surface area contributed by atoms with Crippen molar-refractivity contribution in [2.75, 3.05) is 19.0 Å². The molecular formula is C40H51N3O6. The molecule has 2 amide bonds. The van der Waals surface area contributed by atoms with Gasteiger partial charge in [0.2, 0.25) is 11.8 Å². The highest BCUT2D eigenvalue weighted by Crippen LogP contribution is 2.61. The van der Waals surface area contributed by atoms with Crippen molar-refractivity contribution in [1.29, 1.82) is 0 Å². The summed E-state index contributed by atoms with van der Waals surface area (Å²) in [7, 11) is 1.61. The number of benzene rings is 3. The summed E-state index contributed by atoms with van der Waals surface area (Å²) in [6.07, 6.45) is 1.57. The van der Waals surface area contributed by atoms with E-state index in [-0.39, 0.29) is 31.0 Å². The Morgan fingerprint density at radius 2 is 1.82 bits per heavy atom. The summed E-state index contributed by atoms with van der Waals surface area (Å²) in [5.74, 6) is 1.24. The zero-order valence-electron chi connectivity index (χ0n) is 29.3. The van der Waals surface area contributed by atoms with Crippen LogP contribution in [0.2, 0.25) is 0 Å². The molecule has 7 rings (SSSR count). The summed E-state index contributed by atoms with van der Waals surface area (Å²) in [5.41, 5.74) is 4.56. The molecule has 3 saturated carbocycles. The van der Waals surface area contributed by atoms with Gasteiger partial charge in [-0.05, 0) is 72.6 Å². The number of methoxy groups -OCH3 is 1. The Bertz CT molecular complexity index is 1630. The van der Waals surface area contributed by atoms with Gasteiger partial charge in [-0.15, -0.1) is 0 Å². The summed E-state index contributed by atoms with van der Waals surface area (Å²) in [6, 6.07) is 22.7. The van der Waals surface area contributed by atoms with Crippen LogP contribution in [0.4, 0.5) is 5.69 Å². The number of hydroxylamine groups is 2. The predicted molar refractivity (Wildman–Crippen MR) is 189 cm³/mol. The second kappa shape index (κ2) is 14.6. The number of hydrogen-bond donors (Lipinski definition) is 4. The number of ether oxygens (including phenoxy) is 1. The first-order chi connectivity index (χ1) is 23.5. The molecule has 4 N–H and O–H groups in total. The standard InChI is InChI=1S/C40H51N3O6/c1-24-32-20-29(40(32,3)4)21-33(24)42-39(47)37-36(25(2)45)34(23-44)49-43(37)22-28-14-10-16-31(38(28)48-5)27-13-9-15-30(19-27)41-35(46)18-17-26-11-7-6-8-12-26/h6-16,19,24-25,29,32-34,36-37,44-45H,17-18,20-23H2,1-5H3,(H,41,46)(H,42,47)/t24-,25-,29+,32-,33?,34-,36-,37-/m0/s1. The SMILES string of the molecule is COc1c(CN2O[C@@H](CO)[C@H]([C@H](C)O)[C@H]2C(=O)NC2C[C@H]3C[C@@H]([C@@H]2C)C3(C)C)cccc1-c1cccc(NC(=O)CCc2ccccc2)c1. The smallest absolute Gasteiger partial charge is 0.240 e. The second-order valence-corrected chi connectivity index (χ2v) is 14.8. The fraction of sp³-hybridized carbons (Fsp3) is 0.500. The quantitative estimate of drug-likeness (QED) is 0.198. The zero-order chi connectivity index (χ0) is 34.9. The van der Waals surface area contributed by atoms with Crippen LogP contribution in [0.25, 0.3) is 11.1 Å². The van der Waals surface area contributed by atoms with Crippen LogP contribution in [-0.2, 0) is 27.4 Å². The topological polar surface area (TPSA) is 120 Å². The maximum absolute atomic E-state index is 14.1. The van der Waals surface area contributed by atoms with Crippen LogP contribution in [0.3, 0.4) is 0 Å². The lowest BCUT2D eigenvalue weighted by Crippen LogP contribution is -2.62. The summed E-state index contributed by atoms with van der Waals surface area (Å²) >= 11 is 0. The highest BCUT2D eigenvalue weighted by molar-refractivity contribution is 5.92. The number of amides is 2. The third-order valence-electron chi connectivity index (χ3n) is 11.6. The van der Waals surface area contributed by atoms with Crippen LogP contribution in [0.15, 0.2) is 72.8 Å². The number of hydrogen-bond acceptors (Lipinski definition) is 7. The first-order valence-electron chi connectivity index (χ1n) is 17.6. The third-order valence-corrected chi connectivity index (χ3v) is 11.6. The van der Waals surface area contributed by atoms with Gasteiger partial charge in [0.15, 0.2) is 0 Å². The molecule has 3 aliphatic carbocycles. The van der Waals surface area contributed by atoms with Gasteiger partial charge in [0, 0.05) is 35.2 Å². The van der Waals surface area contributed by atoms with Crippen LogP contribution in [0, 0.1) is 29.1 Å². The van der Waals surface area contributed by atoms with Crippen molar-refractivity contribution in [3.05, 3.63) is 83.9 Å². The van der Waals surface area contributed by atoms with Crippen LogP contribution in [-0.4, -0.2) is 65.1 Å². The molecular weight excluding hydrogens is 618 g/mol. The summed E-state index contributed by atoms with van der Waals surface area (Å²) in [5, 5.41) is 29.1. The molecule has 4 fully saturated rings. The molecule has 9 nitrogen and oxygen atoms in total. The average molecular weight is 670 g/mol. The van der Waals surface area contributed by atoms with E-state index in [2.05, 4.69) is 31.4 Å². The molecule has 0 aromatic heterocycles. The van der Waals surface area contributed by atoms with Crippen molar-refractivity contribution in [2.45, 2.75) is 84.2 Å². The van der Waals surface area contributed by atoms with Gasteiger partial charge in [-0.3, -0.25) is 14.4 Å². The summed E-state index contributed by atoms with van der Waals surface area (Å²) in [6.45, 7) is 8.43. The van der Waals surface area contributed by atoms with Crippen LogP contribution >= 0.6 is 0 Å². The van der Waals surface area contributed by atoms with Gasteiger partial charge < -0.3 is 25.6 Å². The molecule has 1 aliphatic heterocycles. The van der Waals surface area contributed by atoms with Crippen LogP contribution in [0.1, 0.15) is 58.1 Å². The molecule has 8 atom stereocenters. The van der Waals surface area contributed by atoms with Crippen molar-refractivity contribution in [2.24, 2.45) is 29.1 Å². The lowest BCUT2D eigenvalue weighted by molar-refractivity contribution is -0.183. The molecule has 1 saturated heterocycles. The number of para-hydroxylation sites is 1. The second-order valence-electron chi connectivity index (χ2n) is 14.8. The fourth-order valence-corrected chi connectivity index (χ4v) is 8.72. The third kappa shape index (κ3) is 7.13. The molecule has 49 heavy (non-hydrogen) atoms. The Labute approximate surface area is 290 Å². The van der Waals surface area contributed by atoms with E-state index in [0.29, 0.717) is 47.4 Å². The number of rotatable bonds is 12. The van der Waals surface area contributed by atoms with Crippen molar-refractivity contribution in [3.8, 4) is 16.9 Å². The molecule has 1 unspecified atom stereocenters. The number of fused-ring (bicyclic) bond motifs is 2. The molecule has 4 aliphatic rings. The molecule has 0 radical (unpaired) electrons. The minimum atomic E-state index is -0.882. The first kappa shape index (κ1) is 35.1. The molecule has 1 heterocycles. The average Bonchev–Trinajstić information content (AvgIpc) is 3.47. The van der Waals surface area contributed by atoms with Crippen molar-refractivity contribution < 1.29 is 29.4 Å². The van der Waals surface area contributed by atoms with E-state index in [1.807, 2.05) is 72.8 Å². The van der Waals surface area contributed by atoms with Gasteiger partial charge in [0.25, 0.3) is 0 Å². The number of anilines is 1. The highest BCUT2D eigenvalue weighted by atomic mass is 16.7. The maximum atomic E-state index is 14.1. The van der Waals surface area contributed by atoms with Crippen LogP contribution in [0.5, 0.6) is 5.75 Å².